The van der Waals surface area contributed by atoms with E-state index < -0.39 is 16.2 Å². The number of hydrogen-bond donors (Lipinski definition) is 0. The molecule has 12 aromatic rings. The van der Waals surface area contributed by atoms with E-state index in [0.717, 1.165) is 106 Å². The van der Waals surface area contributed by atoms with Crippen LogP contribution in [0, 0.1) is 43.4 Å². The second kappa shape index (κ2) is 19.0. The Kier molecular flexibility index (Phi) is 11.3. The summed E-state index contributed by atoms with van der Waals surface area (Å²) < 4.78 is 0. The Morgan fingerprint density at radius 3 is 0.904 bits per heavy atom. The van der Waals surface area contributed by atoms with Crippen LogP contribution in [0.2, 0.25) is 0 Å². The van der Waals surface area contributed by atoms with Crippen LogP contribution >= 0.6 is 0 Å². The van der Waals surface area contributed by atoms with E-state index in [1.807, 2.05) is 12.1 Å². The fourth-order valence-corrected chi connectivity index (χ4v) is 14.8. The highest BCUT2D eigenvalue weighted by atomic mass is 15.1. The Labute approximate surface area is 486 Å². The van der Waals surface area contributed by atoms with E-state index in [-0.39, 0.29) is 0 Å². The minimum absolute atomic E-state index is 0.604. The van der Waals surface area contributed by atoms with Gasteiger partial charge in [0.1, 0.15) is 0 Å². The van der Waals surface area contributed by atoms with Crippen molar-refractivity contribution >= 4 is 17.1 Å². The zero-order chi connectivity index (χ0) is 56.0. The minimum atomic E-state index is -0.935. The number of rotatable bonds is 9. The summed E-state index contributed by atoms with van der Waals surface area (Å²) in [5.74, 6) is 0. The van der Waals surface area contributed by atoms with Gasteiger partial charge in [-0.05, 0) is 182 Å². The second-order valence-electron chi connectivity index (χ2n) is 22.8. The Morgan fingerprint density at radius 2 is 0.554 bits per heavy atom. The van der Waals surface area contributed by atoms with Crippen LogP contribution in [-0.4, -0.2) is 0 Å². The fourth-order valence-electron chi connectivity index (χ4n) is 14.8. The molecule has 3 atom stereocenters. The van der Waals surface area contributed by atoms with Crippen LogP contribution in [0.5, 0.6) is 0 Å². The van der Waals surface area contributed by atoms with E-state index in [4.69, 9.17) is 0 Å². The van der Waals surface area contributed by atoms with Gasteiger partial charge in [-0.3, -0.25) is 0 Å². The third-order valence-electron chi connectivity index (χ3n) is 18.3. The van der Waals surface area contributed by atoms with Crippen molar-refractivity contribution in [2.45, 2.75) is 37.0 Å². The number of fused-ring (bicyclic) bond motifs is 9. The molecule has 0 radical (unpaired) electrons. The predicted octanol–water partition coefficient (Wildman–Crippen LogP) is 18.9. The molecule has 3 nitrogen and oxygen atoms in total. The molecule has 3 heteroatoms. The van der Waals surface area contributed by atoms with Gasteiger partial charge < -0.3 is 4.90 Å². The van der Waals surface area contributed by atoms with E-state index in [2.05, 4.69) is 305 Å². The van der Waals surface area contributed by atoms with Crippen molar-refractivity contribution in [3.05, 3.63) is 374 Å². The quantitative estimate of drug-likeness (QED) is 0.145. The molecule has 0 bridgehead atoms. The summed E-state index contributed by atoms with van der Waals surface area (Å²) in [7, 11) is 0. The molecular weight excluding hydrogens is 1000 g/mol. The number of aryl methyl sites for hydroxylation is 3. The number of hydrogen-bond acceptors (Lipinski definition) is 3. The maximum absolute atomic E-state index is 10.9. The molecule has 3 aliphatic rings. The molecule has 0 spiro atoms. The van der Waals surface area contributed by atoms with Crippen LogP contribution < -0.4 is 4.90 Å². The van der Waals surface area contributed by atoms with Gasteiger partial charge >= 0.3 is 0 Å². The molecule has 0 amide bonds. The molecule has 0 aromatic heterocycles. The topological polar surface area (TPSA) is 50.8 Å². The third-order valence-corrected chi connectivity index (χ3v) is 18.3. The molecule has 3 aliphatic carbocycles. The van der Waals surface area contributed by atoms with Gasteiger partial charge in [0.05, 0.1) is 39.5 Å². The highest BCUT2D eigenvalue weighted by molar-refractivity contribution is 5.93. The highest BCUT2D eigenvalue weighted by Crippen LogP contribution is 2.63. The normalized spacial score (nSPS) is 17.5. The van der Waals surface area contributed by atoms with E-state index in [1.165, 1.54) is 27.8 Å². The van der Waals surface area contributed by atoms with Crippen LogP contribution in [0.3, 0.4) is 0 Å². The molecule has 0 aliphatic heterocycles. The van der Waals surface area contributed by atoms with Crippen LogP contribution in [0.15, 0.2) is 279 Å². The smallest absolute Gasteiger partial charge is 0.0991 e. The maximum Gasteiger partial charge on any atom is 0.0991 e. The molecule has 0 saturated heterocycles. The minimum Gasteiger partial charge on any atom is -0.310 e. The van der Waals surface area contributed by atoms with Gasteiger partial charge in [0.2, 0.25) is 0 Å². The van der Waals surface area contributed by atoms with Crippen LogP contribution in [-0.2, 0) is 16.2 Å². The fraction of sp³-hybridized carbons (Fsp3) is 0.0750. The van der Waals surface area contributed by atoms with Gasteiger partial charge in [-0.25, -0.2) is 0 Å². The summed E-state index contributed by atoms with van der Waals surface area (Å²) in [5.41, 5.74) is 25.3. The second-order valence-corrected chi connectivity index (χ2v) is 22.8. The number of nitriles is 2. The van der Waals surface area contributed by atoms with Crippen LogP contribution in [0.25, 0.3) is 33.4 Å². The van der Waals surface area contributed by atoms with Crippen molar-refractivity contribution in [3.63, 3.8) is 0 Å². The third kappa shape index (κ3) is 7.15. The average molecular weight is 1060 g/mol. The first-order valence-corrected chi connectivity index (χ1v) is 28.6. The summed E-state index contributed by atoms with van der Waals surface area (Å²) in [6.45, 7) is 6.48. The first kappa shape index (κ1) is 49.5. The molecule has 0 heterocycles. The summed E-state index contributed by atoms with van der Waals surface area (Å²) >= 11 is 0. The molecule has 3 unspecified atom stereocenters. The summed E-state index contributed by atoms with van der Waals surface area (Å²) in [5, 5.41) is 21.8. The van der Waals surface area contributed by atoms with E-state index >= 15 is 0 Å². The standard InChI is InChI=1S/C80H55N3/c1-52-26-34-57(35-27-52)78(72-23-13-10-20-66(72)69-41-32-55(50-81)44-75(69)78)60-46-61(79(58-36-28-53(2)29-37-58)73-24-14-11-21-67(73)70-42-33-56(51-82)45-76(70)79)48-62(47-60)80(59-38-30-54(3)31-39-59)74-25-15-12-22-68(74)71-43-40-65(49-77(71)80)83(63-16-6-4-7-17-63)64-18-8-5-9-19-64/h4-49H,1-3H3. The number of nitrogens with zero attached hydrogens (tertiary/aromatic N) is 3. The molecule has 0 fully saturated rings. The van der Waals surface area contributed by atoms with Gasteiger partial charge in [-0.2, -0.15) is 10.5 Å². The van der Waals surface area contributed by atoms with Gasteiger partial charge in [0.25, 0.3) is 0 Å². The molecule has 0 N–H and O–H groups in total. The largest absolute Gasteiger partial charge is 0.310 e. The first-order chi connectivity index (χ1) is 40.8. The van der Waals surface area contributed by atoms with Crippen LogP contribution in [0.4, 0.5) is 17.1 Å². The van der Waals surface area contributed by atoms with E-state index in [9.17, 15) is 10.5 Å². The first-order valence-electron chi connectivity index (χ1n) is 28.6. The van der Waals surface area contributed by atoms with Crippen molar-refractivity contribution in [1.82, 2.24) is 0 Å². The number of para-hydroxylation sites is 2. The Bertz CT molecular complexity index is 4440. The average Bonchev–Trinajstić information content (AvgIpc) is 1.73. The zero-order valence-corrected chi connectivity index (χ0v) is 46.4. The lowest BCUT2D eigenvalue weighted by Crippen LogP contribution is -2.35. The lowest BCUT2D eigenvalue weighted by atomic mass is 9.60. The lowest BCUT2D eigenvalue weighted by molar-refractivity contribution is 0.713. The van der Waals surface area contributed by atoms with E-state index in [0.29, 0.717) is 11.1 Å². The Morgan fingerprint density at radius 1 is 0.253 bits per heavy atom. The molecule has 83 heavy (non-hydrogen) atoms. The summed E-state index contributed by atoms with van der Waals surface area (Å²) in [6.07, 6.45) is 0. The highest BCUT2D eigenvalue weighted by Gasteiger charge is 2.53. The maximum atomic E-state index is 10.9. The van der Waals surface area contributed by atoms with E-state index in [1.54, 1.807) is 0 Å². The molecule has 0 saturated carbocycles. The van der Waals surface area contributed by atoms with Gasteiger partial charge in [0, 0.05) is 17.1 Å². The molecule has 12 aromatic carbocycles. The monoisotopic (exact) mass is 1060 g/mol. The lowest BCUT2D eigenvalue weighted by Gasteiger charge is -2.41. The number of benzene rings is 12. The van der Waals surface area contributed by atoms with Crippen LogP contribution in [0.1, 0.15) is 94.6 Å². The molecule has 390 valence electrons. The Hall–Kier alpha value is -10.6. The Balaban J connectivity index is 1.16. The predicted molar refractivity (Wildman–Crippen MR) is 337 cm³/mol. The van der Waals surface area contributed by atoms with Crippen molar-refractivity contribution in [3.8, 4) is 45.5 Å². The van der Waals surface area contributed by atoms with Gasteiger partial charge in [-0.1, -0.05) is 235 Å². The van der Waals surface area contributed by atoms with Crippen molar-refractivity contribution < 1.29 is 0 Å². The van der Waals surface area contributed by atoms with Gasteiger partial charge in [-0.15, -0.1) is 0 Å². The SMILES string of the molecule is Cc1ccc(C2(c3cc(C4(c5ccc(C)cc5)c5ccccc5-c5ccc(C#N)cc54)cc(C4(c5ccc(C)cc5)c5ccccc5-c5ccc(N(c6ccccc6)c6ccccc6)cc54)c3)c3ccccc3-c3ccc(C#N)cc32)cc1. The summed E-state index contributed by atoms with van der Waals surface area (Å²) in [4.78, 5) is 2.38. The molecular formula is C80H55N3. The number of anilines is 3. The van der Waals surface area contributed by atoms with Crippen molar-refractivity contribution in [2.24, 2.45) is 0 Å². The van der Waals surface area contributed by atoms with Crippen molar-refractivity contribution in [1.29, 1.82) is 10.5 Å². The summed E-state index contributed by atoms with van der Waals surface area (Å²) in [6, 6.07) is 108. The van der Waals surface area contributed by atoms with Gasteiger partial charge in [0.15, 0.2) is 0 Å². The zero-order valence-electron chi connectivity index (χ0n) is 46.4. The molecule has 15 rings (SSSR count). The van der Waals surface area contributed by atoms with Crippen molar-refractivity contribution in [2.75, 3.05) is 4.90 Å².